The van der Waals surface area contributed by atoms with Crippen LogP contribution in [0.15, 0.2) is 28.9 Å². The molecule has 1 aromatic carbocycles. The van der Waals surface area contributed by atoms with Gasteiger partial charge >= 0.3 is 0 Å². The minimum Gasteiger partial charge on any atom is -0.438 e. The number of nitrogens with one attached hydrogen (secondary N) is 1. The molecule has 0 saturated carbocycles. The maximum atomic E-state index is 5.72. The van der Waals surface area contributed by atoms with Crippen LogP contribution in [0.4, 0.5) is 5.95 Å². The molecule has 0 aliphatic carbocycles. The van der Waals surface area contributed by atoms with Gasteiger partial charge in [-0.25, -0.2) is 10.8 Å². The van der Waals surface area contributed by atoms with Gasteiger partial charge in [0.1, 0.15) is 5.75 Å². The monoisotopic (exact) mass is 308 g/mol. The number of nitrogens with zero attached hydrogens (tertiary/aromatic N) is 2. The molecule has 2 rings (SSSR count). The number of anilines is 1. The van der Waals surface area contributed by atoms with E-state index in [9.17, 15) is 0 Å². The third-order valence-electron chi connectivity index (χ3n) is 2.25. The Bertz CT molecular complexity index is 554. The van der Waals surface area contributed by atoms with Gasteiger partial charge < -0.3 is 4.74 Å². The first-order chi connectivity index (χ1) is 8.58. The molecule has 6 heteroatoms. The van der Waals surface area contributed by atoms with Gasteiger partial charge in [0.25, 0.3) is 0 Å². The molecule has 0 amide bonds. The molecular weight excluding hydrogens is 296 g/mol. The van der Waals surface area contributed by atoms with Crippen molar-refractivity contribution < 1.29 is 4.74 Å². The van der Waals surface area contributed by atoms with Crippen LogP contribution in [0, 0.1) is 13.8 Å². The summed E-state index contributed by atoms with van der Waals surface area (Å²) in [6.07, 6.45) is 1.58. The van der Waals surface area contributed by atoms with Crippen molar-refractivity contribution in [2.75, 3.05) is 5.43 Å². The number of hydrazine groups is 1. The molecule has 1 aromatic heterocycles. The highest BCUT2D eigenvalue weighted by Crippen LogP contribution is 2.28. The molecule has 1 heterocycles. The van der Waals surface area contributed by atoms with Crippen LogP contribution >= 0.6 is 15.9 Å². The van der Waals surface area contributed by atoms with Crippen molar-refractivity contribution in [3.63, 3.8) is 0 Å². The molecule has 0 fully saturated rings. The first-order valence-electron chi connectivity index (χ1n) is 5.34. The van der Waals surface area contributed by atoms with Gasteiger partial charge in [-0.3, -0.25) is 5.43 Å². The van der Waals surface area contributed by atoms with Crippen molar-refractivity contribution in [2.45, 2.75) is 13.8 Å². The quantitative estimate of drug-likeness (QED) is 0.673. The zero-order chi connectivity index (χ0) is 13.1. The Labute approximate surface area is 113 Å². The Balaban J connectivity index is 2.33. The lowest BCUT2D eigenvalue weighted by atomic mass is 10.1. The van der Waals surface area contributed by atoms with Gasteiger partial charge in [0, 0.05) is 0 Å². The fourth-order valence-corrected chi connectivity index (χ4v) is 1.87. The number of aryl methyl sites for hydroxylation is 2. The van der Waals surface area contributed by atoms with Crippen LogP contribution in [0.3, 0.4) is 0 Å². The van der Waals surface area contributed by atoms with Crippen LogP contribution in [0.25, 0.3) is 0 Å². The van der Waals surface area contributed by atoms with E-state index in [-0.39, 0.29) is 0 Å². The summed E-state index contributed by atoms with van der Waals surface area (Å²) < 4.78 is 6.39. The number of benzene rings is 1. The molecule has 2 aromatic rings. The number of hydrogen-bond donors (Lipinski definition) is 2. The minimum absolute atomic E-state index is 0.303. The summed E-state index contributed by atoms with van der Waals surface area (Å²) in [4.78, 5) is 8.09. The molecule has 0 unspecified atom stereocenters. The molecule has 0 bridgehead atoms. The Morgan fingerprint density at radius 3 is 2.50 bits per heavy atom. The predicted octanol–water partition coefficient (Wildman–Crippen LogP) is 2.93. The molecule has 0 atom stereocenters. The van der Waals surface area contributed by atoms with Crippen molar-refractivity contribution in [3.8, 4) is 11.6 Å². The number of aromatic nitrogens is 2. The summed E-state index contributed by atoms with van der Waals surface area (Å²) in [6, 6.07) is 5.96. The largest absolute Gasteiger partial charge is 0.438 e. The third kappa shape index (κ3) is 2.96. The molecule has 0 spiro atoms. The SMILES string of the molecule is Cc1cc(C)cc(Oc2nc(NN)ncc2Br)c1. The summed E-state index contributed by atoms with van der Waals surface area (Å²) in [5.74, 6) is 6.72. The standard InChI is InChI=1S/C12H13BrN4O/c1-7-3-8(2)5-9(4-7)18-11-10(13)6-15-12(16-11)17-14/h3-6H,14H2,1-2H3,(H,15,16,17). The van der Waals surface area contributed by atoms with Crippen LogP contribution < -0.4 is 16.0 Å². The number of hydrogen-bond acceptors (Lipinski definition) is 5. The second kappa shape index (κ2) is 5.32. The molecule has 3 N–H and O–H groups in total. The van der Waals surface area contributed by atoms with Crippen molar-refractivity contribution in [3.05, 3.63) is 40.0 Å². The number of ether oxygens (including phenoxy) is 1. The first-order valence-corrected chi connectivity index (χ1v) is 6.13. The molecule has 0 aliphatic heterocycles. The average molecular weight is 309 g/mol. The van der Waals surface area contributed by atoms with E-state index in [1.54, 1.807) is 6.20 Å². The van der Waals surface area contributed by atoms with E-state index in [1.807, 2.05) is 26.0 Å². The summed E-state index contributed by atoms with van der Waals surface area (Å²) in [5, 5.41) is 0. The maximum absolute atomic E-state index is 5.72. The molecule has 0 saturated heterocycles. The Kier molecular flexibility index (Phi) is 3.78. The van der Waals surface area contributed by atoms with Gasteiger partial charge in [0.2, 0.25) is 11.8 Å². The first kappa shape index (κ1) is 12.8. The van der Waals surface area contributed by atoms with Gasteiger partial charge in [0.05, 0.1) is 10.7 Å². The second-order valence-electron chi connectivity index (χ2n) is 3.92. The topological polar surface area (TPSA) is 73.1 Å². The van der Waals surface area contributed by atoms with Gasteiger partial charge in [-0.15, -0.1) is 0 Å². The van der Waals surface area contributed by atoms with Crippen molar-refractivity contribution in [1.29, 1.82) is 0 Å². The highest BCUT2D eigenvalue weighted by Gasteiger charge is 2.07. The zero-order valence-corrected chi connectivity index (χ0v) is 11.7. The minimum atomic E-state index is 0.303. The van der Waals surface area contributed by atoms with Crippen molar-refractivity contribution >= 4 is 21.9 Å². The Hall–Kier alpha value is -1.66. The molecule has 18 heavy (non-hydrogen) atoms. The van der Waals surface area contributed by atoms with E-state index < -0.39 is 0 Å². The van der Waals surface area contributed by atoms with E-state index in [0.717, 1.165) is 16.9 Å². The van der Waals surface area contributed by atoms with E-state index in [1.165, 1.54) is 0 Å². The highest BCUT2D eigenvalue weighted by atomic mass is 79.9. The molecule has 0 radical (unpaired) electrons. The van der Waals surface area contributed by atoms with E-state index in [0.29, 0.717) is 16.3 Å². The lowest BCUT2D eigenvalue weighted by Gasteiger charge is -2.09. The normalized spacial score (nSPS) is 10.2. The number of rotatable bonds is 3. The van der Waals surface area contributed by atoms with Gasteiger partial charge in [-0.1, -0.05) is 6.07 Å². The van der Waals surface area contributed by atoms with E-state index in [2.05, 4.69) is 37.4 Å². The predicted molar refractivity (Wildman–Crippen MR) is 73.5 cm³/mol. The van der Waals surface area contributed by atoms with E-state index >= 15 is 0 Å². The molecule has 0 aliphatic rings. The van der Waals surface area contributed by atoms with Crippen molar-refractivity contribution in [2.24, 2.45) is 5.84 Å². The van der Waals surface area contributed by atoms with Crippen LogP contribution in [-0.2, 0) is 0 Å². The third-order valence-corrected chi connectivity index (χ3v) is 2.79. The summed E-state index contributed by atoms with van der Waals surface area (Å²) in [6.45, 7) is 4.03. The fraction of sp³-hybridized carbons (Fsp3) is 0.167. The summed E-state index contributed by atoms with van der Waals surface area (Å²) in [5.41, 5.74) is 4.64. The van der Waals surface area contributed by atoms with Gasteiger partial charge in [-0.05, 0) is 53.0 Å². The number of nitrogen functional groups attached to an aromatic ring is 1. The Morgan fingerprint density at radius 2 is 1.89 bits per heavy atom. The zero-order valence-electron chi connectivity index (χ0n) is 10.1. The fourth-order valence-electron chi connectivity index (χ4n) is 1.60. The molecular formula is C12H13BrN4O. The van der Waals surface area contributed by atoms with Crippen LogP contribution in [-0.4, -0.2) is 9.97 Å². The van der Waals surface area contributed by atoms with Crippen LogP contribution in [0.1, 0.15) is 11.1 Å². The van der Waals surface area contributed by atoms with Crippen molar-refractivity contribution in [1.82, 2.24) is 9.97 Å². The maximum Gasteiger partial charge on any atom is 0.240 e. The number of halogens is 1. The summed E-state index contributed by atoms with van der Waals surface area (Å²) in [7, 11) is 0. The summed E-state index contributed by atoms with van der Waals surface area (Å²) >= 11 is 3.34. The smallest absolute Gasteiger partial charge is 0.240 e. The second-order valence-corrected chi connectivity index (χ2v) is 4.77. The average Bonchev–Trinajstić information content (AvgIpc) is 2.30. The molecule has 94 valence electrons. The highest BCUT2D eigenvalue weighted by molar-refractivity contribution is 9.10. The van der Waals surface area contributed by atoms with Gasteiger partial charge in [-0.2, -0.15) is 4.98 Å². The molecule has 5 nitrogen and oxygen atoms in total. The van der Waals surface area contributed by atoms with Gasteiger partial charge in [0.15, 0.2) is 0 Å². The van der Waals surface area contributed by atoms with Crippen LogP contribution in [0.5, 0.6) is 11.6 Å². The Morgan fingerprint density at radius 1 is 1.22 bits per heavy atom. The van der Waals surface area contributed by atoms with E-state index in [4.69, 9.17) is 10.6 Å². The lowest BCUT2D eigenvalue weighted by Crippen LogP contribution is -2.10. The number of nitrogens with two attached hydrogens (primary N) is 1. The van der Waals surface area contributed by atoms with Crippen LogP contribution in [0.2, 0.25) is 0 Å². The lowest BCUT2D eigenvalue weighted by molar-refractivity contribution is 0.458.